The third-order valence-electron chi connectivity index (χ3n) is 1.61. The van der Waals surface area contributed by atoms with Gasteiger partial charge in [0.15, 0.2) is 0 Å². The molecular formula is C10H11NO2. The SMILES string of the molecule is COc1ccc(/C=C/CN=O)cc1. The van der Waals surface area contributed by atoms with Gasteiger partial charge in [-0.15, -0.1) is 0 Å². The standard InChI is InChI=1S/C10H11NO2/c1-13-10-6-4-9(5-7-10)3-2-8-11-12/h2-7H,8H2,1H3/b3-2+. The summed E-state index contributed by atoms with van der Waals surface area (Å²) in [7, 11) is 1.63. The van der Waals surface area contributed by atoms with Gasteiger partial charge in [0.1, 0.15) is 5.75 Å². The summed E-state index contributed by atoms with van der Waals surface area (Å²) in [5, 5.41) is 2.72. The summed E-state index contributed by atoms with van der Waals surface area (Å²) in [6.45, 7) is 0.214. The van der Waals surface area contributed by atoms with Crippen LogP contribution in [-0.2, 0) is 0 Å². The van der Waals surface area contributed by atoms with Crippen LogP contribution in [0.2, 0.25) is 0 Å². The summed E-state index contributed by atoms with van der Waals surface area (Å²) in [5.74, 6) is 0.825. The molecule has 0 radical (unpaired) electrons. The Morgan fingerprint density at radius 1 is 1.38 bits per heavy atom. The highest BCUT2D eigenvalue weighted by Gasteiger charge is 1.88. The summed E-state index contributed by atoms with van der Waals surface area (Å²) >= 11 is 0. The summed E-state index contributed by atoms with van der Waals surface area (Å²) in [6, 6.07) is 7.57. The fourth-order valence-corrected chi connectivity index (χ4v) is 0.947. The van der Waals surface area contributed by atoms with Crippen molar-refractivity contribution in [1.82, 2.24) is 0 Å². The van der Waals surface area contributed by atoms with Crippen LogP contribution in [0.3, 0.4) is 0 Å². The first kappa shape index (κ1) is 9.45. The highest BCUT2D eigenvalue weighted by Crippen LogP contribution is 2.11. The maximum Gasteiger partial charge on any atom is 0.118 e. The van der Waals surface area contributed by atoms with Gasteiger partial charge >= 0.3 is 0 Å². The van der Waals surface area contributed by atoms with E-state index in [0.29, 0.717) is 0 Å². The van der Waals surface area contributed by atoms with E-state index in [1.165, 1.54) is 0 Å². The maximum absolute atomic E-state index is 9.77. The van der Waals surface area contributed by atoms with Crippen molar-refractivity contribution in [2.75, 3.05) is 13.7 Å². The Balaban J connectivity index is 2.63. The molecule has 0 saturated carbocycles. The molecule has 0 aliphatic heterocycles. The third kappa shape index (κ3) is 3.07. The number of hydrogen-bond donors (Lipinski definition) is 0. The monoisotopic (exact) mass is 177 g/mol. The number of benzene rings is 1. The number of nitrogens with zero attached hydrogens (tertiary/aromatic N) is 1. The maximum atomic E-state index is 9.77. The quantitative estimate of drug-likeness (QED) is 0.662. The average Bonchev–Trinajstić information content (AvgIpc) is 2.19. The van der Waals surface area contributed by atoms with Crippen LogP contribution in [0.5, 0.6) is 5.75 Å². The molecule has 13 heavy (non-hydrogen) atoms. The van der Waals surface area contributed by atoms with Gasteiger partial charge in [-0.3, -0.25) is 0 Å². The van der Waals surface area contributed by atoms with E-state index in [1.807, 2.05) is 30.3 Å². The first-order valence-electron chi connectivity index (χ1n) is 3.96. The minimum Gasteiger partial charge on any atom is -0.497 e. The topological polar surface area (TPSA) is 38.7 Å². The highest BCUT2D eigenvalue weighted by atomic mass is 16.5. The molecule has 0 spiro atoms. The Bertz CT molecular complexity index is 290. The van der Waals surface area contributed by atoms with Gasteiger partial charge in [-0.05, 0) is 17.7 Å². The first-order chi connectivity index (χ1) is 6.36. The molecule has 3 heteroatoms. The van der Waals surface area contributed by atoms with Crippen LogP contribution in [0, 0.1) is 4.91 Å². The van der Waals surface area contributed by atoms with E-state index in [4.69, 9.17) is 4.74 Å². The van der Waals surface area contributed by atoms with Gasteiger partial charge in [0, 0.05) is 0 Å². The van der Waals surface area contributed by atoms with Crippen LogP contribution < -0.4 is 4.74 Å². The second-order valence-corrected chi connectivity index (χ2v) is 2.49. The molecule has 1 rings (SSSR count). The van der Waals surface area contributed by atoms with Crippen molar-refractivity contribution in [1.29, 1.82) is 0 Å². The molecule has 0 heterocycles. The van der Waals surface area contributed by atoms with Gasteiger partial charge in [0.05, 0.1) is 13.7 Å². The molecule has 0 unspecified atom stereocenters. The Morgan fingerprint density at radius 3 is 2.62 bits per heavy atom. The van der Waals surface area contributed by atoms with Crippen molar-refractivity contribution in [2.24, 2.45) is 5.18 Å². The fraction of sp³-hybridized carbons (Fsp3) is 0.200. The van der Waals surface area contributed by atoms with E-state index in [0.717, 1.165) is 11.3 Å². The van der Waals surface area contributed by atoms with Gasteiger partial charge < -0.3 is 4.74 Å². The lowest BCUT2D eigenvalue weighted by Gasteiger charge is -1.98. The van der Waals surface area contributed by atoms with Crippen LogP contribution in [0.25, 0.3) is 6.08 Å². The number of hydrogen-bond acceptors (Lipinski definition) is 3. The van der Waals surface area contributed by atoms with E-state index in [9.17, 15) is 4.91 Å². The molecule has 68 valence electrons. The average molecular weight is 177 g/mol. The lowest BCUT2D eigenvalue weighted by molar-refractivity contribution is 0.415. The van der Waals surface area contributed by atoms with Crippen molar-refractivity contribution in [3.8, 4) is 5.75 Å². The number of nitroso groups, excluding NO2 is 1. The molecule has 0 bridgehead atoms. The molecule has 0 N–H and O–H groups in total. The molecule has 0 saturated heterocycles. The Labute approximate surface area is 77.0 Å². The third-order valence-corrected chi connectivity index (χ3v) is 1.61. The van der Waals surface area contributed by atoms with Crippen LogP contribution in [0.4, 0.5) is 0 Å². The van der Waals surface area contributed by atoms with E-state index < -0.39 is 0 Å². The molecule has 3 nitrogen and oxygen atoms in total. The van der Waals surface area contributed by atoms with Crippen LogP contribution in [0.15, 0.2) is 35.5 Å². The largest absolute Gasteiger partial charge is 0.497 e. The molecule has 0 aromatic heterocycles. The predicted molar refractivity (Wildman–Crippen MR) is 52.7 cm³/mol. The lowest BCUT2D eigenvalue weighted by atomic mass is 10.2. The summed E-state index contributed by atoms with van der Waals surface area (Å²) in [6.07, 6.45) is 3.57. The molecule has 0 fully saturated rings. The highest BCUT2D eigenvalue weighted by molar-refractivity contribution is 5.50. The number of ether oxygens (including phenoxy) is 1. The minimum atomic E-state index is 0.214. The van der Waals surface area contributed by atoms with Crippen molar-refractivity contribution in [3.05, 3.63) is 40.8 Å². The zero-order valence-electron chi connectivity index (χ0n) is 7.43. The fourth-order valence-electron chi connectivity index (χ4n) is 0.947. The second kappa shape index (κ2) is 5.09. The molecule has 1 aromatic rings. The van der Waals surface area contributed by atoms with Gasteiger partial charge in [0.25, 0.3) is 0 Å². The molecule has 1 aromatic carbocycles. The van der Waals surface area contributed by atoms with E-state index in [-0.39, 0.29) is 6.54 Å². The van der Waals surface area contributed by atoms with Crippen molar-refractivity contribution in [3.63, 3.8) is 0 Å². The summed E-state index contributed by atoms with van der Waals surface area (Å²) in [4.78, 5) is 9.77. The Hall–Kier alpha value is -1.64. The van der Waals surface area contributed by atoms with Crippen molar-refractivity contribution in [2.45, 2.75) is 0 Å². The van der Waals surface area contributed by atoms with Crippen LogP contribution in [0.1, 0.15) is 5.56 Å². The first-order valence-corrected chi connectivity index (χ1v) is 3.96. The Morgan fingerprint density at radius 2 is 2.08 bits per heavy atom. The van der Waals surface area contributed by atoms with Gasteiger partial charge in [0.2, 0.25) is 0 Å². The van der Waals surface area contributed by atoms with Crippen molar-refractivity contribution < 1.29 is 4.74 Å². The zero-order chi connectivity index (χ0) is 9.52. The predicted octanol–water partition coefficient (Wildman–Crippen LogP) is 2.47. The zero-order valence-corrected chi connectivity index (χ0v) is 7.43. The van der Waals surface area contributed by atoms with Gasteiger partial charge in [-0.25, -0.2) is 0 Å². The van der Waals surface area contributed by atoms with E-state index in [1.54, 1.807) is 13.2 Å². The molecule has 0 atom stereocenters. The van der Waals surface area contributed by atoms with E-state index in [2.05, 4.69) is 5.18 Å². The van der Waals surface area contributed by atoms with Crippen LogP contribution >= 0.6 is 0 Å². The second-order valence-electron chi connectivity index (χ2n) is 2.49. The smallest absolute Gasteiger partial charge is 0.118 e. The number of methoxy groups -OCH3 is 1. The molecular weight excluding hydrogens is 166 g/mol. The van der Waals surface area contributed by atoms with Crippen LogP contribution in [-0.4, -0.2) is 13.7 Å². The van der Waals surface area contributed by atoms with Crippen molar-refractivity contribution >= 4 is 6.08 Å². The lowest BCUT2D eigenvalue weighted by Crippen LogP contribution is -1.81. The van der Waals surface area contributed by atoms with Gasteiger partial charge in [-0.1, -0.05) is 29.5 Å². The normalized spacial score (nSPS) is 10.2. The molecule has 0 aliphatic carbocycles. The Kier molecular flexibility index (Phi) is 3.70. The molecule has 0 amide bonds. The number of rotatable bonds is 4. The van der Waals surface area contributed by atoms with Gasteiger partial charge in [-0.2, -0.15) is 4.91 Å². The minimum absolute atomic E-state index is 0.214. The summed E-state index contributed by atoms with van der Waals surface area (Å²) < 4.78 is 5.00. The van der Waals surface area contributed by atoms with E-state index >= 15 is 0 Å². The molecule has 0 aliphatic rings. The summed E-state index contributed by atoms with van der Waals surface area (Å²) in [5.41, 5.74) is 1.03.